The Bertz CT molecular complexity index is 475. The smallest absolute Gasteiger partial charge is 0.244 e. The van der Waals surface area contributed by atoms with E-state index in [9.17, 15) is 8.42 Å². The molecule has 0 saturated carbocycles. The summed E-state index contributed by atoms with van der Waals surface area (Å²) < 4.78 is 31.5. The number of methoxy groups -OCH3 is 1. The fourth-order valence-corrected chi connectivity index (χ4v) is 3.70. The van der Waals surface area contributed by atoms with Gasteiger partial charge < -0.3 is 4.74 Å². The van der Waals surface area contributed by atoms with Crippen molar-refractivity contribution in [1.82, 2.24) is 4.31 Å². The molecule has 1 unspecified atom stereocenters. The molecule has 1 rings (SSSR count). The monoisotopic (exact) mass is 321 g/mol. The summed E-state index contributed by atoms with van der Waals surface area (Å²) >= 11 is 3.25. The SMILES string of the molecule is COCC(C)N(C)S(=O)(=O)c1ccccc1Br. The van der Waals surface area contributed by atoms with Gasteiger partial charge in [0.2, 0.25) is 10.0 Å². The first-order valence-electron chi connectivity index (χ1n) is 5.12. The van der Waals surface area contributed by atoms with E-state index in [1.165, 1.54) is 4.31 Å². The number of ether oxygens (including phenoxy) is 1. The highest BCUT2D eigenvalue weighted by atomic mass is 79.9. The number of hydrogen-bond acceptors (Lipinski definition) is 3. The molecule has 0 fully saturated rings. The summed E-state index contributed by atoms with van der Waals surface area (Å²) in [5, 5.41) is 0. The maximum Gasteiger partial charge on any atom is 0.244 e. The molecule has 0 aliphatic heterocycles. The quantitative estimate of drug-likeness (QED) is 0.834. The molecule has 0 saturated heterocycles. The van der Waals surface area contributed by atoms with Crippen molar-refractivity contribution in [2.75, 3.05) is 20.8 Å². The van der Waals surface area contributed by atoms with Crippen LogP contribution in [-0.4, -0.2) is 39.5 Å². The molecule has 0 aliphatic rings. The Morgan fingerprint density at radius 1 is 1.41 bits per heavy atom. The van der Waals surface area contributed by atoms with Gasteiger partial charge in [0.1, 0.15) is 0 Å². The Balaban J connectivity index is 3.08. The third-order valence-corrected chi connectivity index (χ3v) is 5.51. The Kier molecular flexibility index (Phi) is 5.12. The van der Waals surface area contributed by atoms with Gasteiger partial charge in [0.15, 0.2) is 0 Å². The summed E-state index contributed by atoms with van der Waals surface area (Å²) in [4.78, 5) is 0.269. The fraction of sp³-hybridized carbons (Fsp3) is 0.455. The highest BCUT2D eigenvalue weighted by molar-refractivity contribution is 9.10. The van der Waals surface area contributed by atoms with Gasteiger partial charge in [-0.1, -0.05) is 12.1 Å². The van der Waals surface area contributed by atoms with E-state index in [4.69, 9.17) is 4.74 Å². The molecular weight excluding hydrogens is 306 g/mol. The average molecular weight is 322 g/mol. The second kappa shape index (κ2) is 5.95. The number of halogens is 1. The molecule has 0 radical (unpaired) electrons. The zero-order chi connectivity index (χ0) is 13.1. The van der Waals surface area contributed by atoms with Crippen LogP contribution in [0.3, 0.4) is 0 Å². The minimum Gasteiger partial charge on any atom is -0.383 e. The molecule has 6 heteroatoms. The van der Waals surface area contributed by atoms with Gasteiger partial charge in [-0.05, 0) is 35.0 Å². The zero-order valence-corrected chi connectivity index (χ0v) is 12.5. The van der Waals surface area contributed by atoms with E-state index in [0.717, 1.165) is 0 Å². The predicted molar refractivity (Wildman–Crippen MR) is 70.4 cm³/mol. The minimum atomic E-state index is -3.48. The third-order valence-electron chi connectivity index (χ3n) is 2.52. The highest BCUT2D eigenvalue weighted by Gasteiger charge is 2.26. The van der Waals surface area contributed by atoms with E-state index in [2.05, 4.69) is 15.9 Å². The molecule has 4 nitrogen and oxygen atoms in total. The van der Waals surface area contributed by atoms with Crippen LogP contribution in [-0.2, 0) is 14.8 Å². The summed E-state index contributed by atoms with van der Waals surface area (Å²) in [6.45, 7) is 2.16. The van der Waals surface area contributed by atoms with Gasteiger partial charge in [-0.15, -0.1) is 0 Å². The van der Waals surface area contributed by atoms with Crippen LogP contribution in [0.5, 0.6) is 0 Å². The zero-order valence-electron chi connectivity index (χ0n) is 10.1. The predicted octanol–water partition coefficient (Wildman–Crippen LogP) is 2.10. The standard InChI is InChI=1S/C11H16BrNO3S/c1-9(8-16-3)13(2)17(14,15)11-7-5-4-6-10(11)12/h4-7,9H,8H2,1-3H3. The van der Waals surface area contributed by atoms with E-state index in [0.29, 0.717) is 11.1 Å². The van der Waals surface area contributed by atoms with Crippen molar-refractivity contribution < 1.29 is 13.2 Å². The normalized spacial score (nSPS) is 13.9. The average Bonchev–Trinajstić information content (AvgIpc) is 2.28. The lowest BCUT2D eigenvalue weighted by molar-refractivity contribution is 0.149. The van der Waals surface area contributed by atoms with Gasteiger partial charge in [0.05, 0.1) is 11.5 Å². The summed E-state index contributed by atoms with van der Waals surface area (Å²) in [6, 6.07) is 6.56. The first-order valence-corrected chi connectivity index (χ1v) is 7.36. The molecular formula is C11H16BrNO3S. The molecule has 1 aromatic carbocycles. The van der Waals surface area contributed by atoms with Crippen LogP contribution in [0.1, 0.15) is 6.92 Å². The number of nitrogens with zero attached hydrogens (tertiary/aromatic N) is 1. The summed E-state index contributed by atoms with van der Waals surface area (Å²) in [7, 11) is -0.380. The van der Waals surface area contributed by atoms with Crippen molar-refractivity contribution in [1.29, 1.82) is 0 Å². The molecule has 0 N–H and O–H groups in total. The lowest BCUT2D eigenvalue weighted by atomic mass is 10.4. The fourth-order valence-electron chi connectivity index (χ4n) is 1.39. The van der Waals surface area contributed by atoms with Crippen LogP contribution in [0.4, 0.5) is 0 Å². The minimum absolute atomic E-state index is 0.211. The van der Waals surface area contributed by atoms with E-state index in [1.807, 2.05) is 0 Å². The molecule has 0 aromatic heterocycles. The molecule has 17 heavy (non-hydrogen) atoms. The topological polar surface area (TPSA) is 46.6 Å². The van der Waals surface area contributed by atoms with Crippen LogP contribution < -0.4 is 0 Å². The van der Waals surface area contributed by atoms with Gasteiger partial charge in [0, 0.05) is 24.7 Å². The Morgan fingerprint density at radius 2 is 2.00 bits per heavy atom. The molecule has 96 valence electrons. The third kappa shape index (κ3) is 3.28. The van der Waals surface area contributed by atoms with E-state index < -0.39 is 10.0 Å². The van der Waals surface area contributed by atoms with Crippen LogP contribution in [0.2, 0.25) is 0 Å². The van der Waals surface area contributed by atoms with E-state index >= 15 is 0 Å². The molecule has 1 aromatic rings. The number of hydrogen-bond donors (Lipinski definition) is 0. The molecule has 1 atom stereocenters. The van der Waals surface area contributed by atoms with E-state index in [-0.39, 0.29) is 10.9 Å². The van der Waals surface area contributed by atoms with Crippen molar-refractivity contribution in [2.45, 2.75) is 17.9 Å². The second-order valence-corrected chi connectivity index (χ2v) is 6.58. The highest BCUT2D eigenvalue weighted by Crippen LogP contribution is 2.24. The number of likely N-dealkylation sites (N-methyl/N-ethyl adjacent to an activating group) is 1. The Labute approximate surface area is 111 Å². The maximum absolute atomic E-state index is 12.3. The summed E-state index contributed by atoms with van der Waals surface area (Å²) in [5.74, 6) is 0. The summed E-state index contributed by atoms with van der Waals surface area (Å²) in [5.41, 5.74) is 0. The van der Waals surface area contributed by atoms with Crippen molar-refractivity contribution in [3.8, 4) is 0 Å². The van der Waals surface area contributed by atoms with Gasteiger partial charge in [-0.25, -0.2) is 8.42 Å². The van der Waals surface area contributed by atoms with Crippen LogP contribution in [0, 0.1) is 0 Å². The van der Waals surface area contributed by atoms with Crippen LogP contribution >= 0.6 is 15.9 Å². The maximum atomic E-state index is 12.3. The number of sulfonamides is 1. The number of rotatable bonds is 5. The summed E-state index contributed by atoms with van der Waals surface area (Å²) in [6.07, 6.45) is 0. The molecule has 0 heterocycles. The first-order chi connectivity index (χ1) is 7.91. The first kappa shape index (κ1) is 14.6. The van der Waals surface area contributed by atoms with Crippen LogP contribution in [0.25, 0.3) is 0 Å². The van der Waals surface area contributed by atoms with Crippen molar-refractivity contribution in [3.05, 3.63) is 28.7 Å². The molecule has 0 aliphatic carbocycles. The van der Waals surface area contributed by atoms with Gasteiger partial charge >= 0.3 is 0 Å². The van der Waals surface area contributed by atoms with Gasteiger partial charge in [-0.2, -0.15) is 4.31 Å². The molecule has 0 amide bonds. The van der Waals surface area contributed by atoms with Crippen molar-refractivity contribution in [3.63, 3.8) is 0 Å². The Hall–Kier alpha value is -0.430. The Morgan fingerprint density at radius 3 is 2.53 bits per heavy atom. The lowest BCUT2D eigenvalue weighted by Gasteiger charge is -2.24. The second-order valence-electron chi connectivity index (χ2n) is 3.76. The lowest BCUT2D eigenvalue weighted by Crippen LogP contribution is -2.37. The largest absolute Gasteiger partial charge is 0.383 e. The van der Waals surface area contributed by atoms with Crippen molar-refractivity contribution >= 4 is 26.0 Å². The van der Waals surface area contributed by atoms with Crippen LogP contribution in [0.15, 0.2) is 33.6 Å². The molecule has 0 spiro atoms. The van der Waals surface area contributed by atoms with Crippen molar-refractivity contribution in [2.24, 2.45) is 0 Å². The van der Waals surface area contributed by atoms with E-state index in [1.54, 1.807) is 45.3 Å². The van der Waals surface area contributed by atoms with Gasteiger partial charge in [0.25, 0.3) is 0 Å². The van der Waals surface area contributed by atoms with Gasteiger partial charge in [-0.3, -0.25) is 0 Å². The molecule has 0 bridgehead atoms. The number of benzene rings is 1.